The Labute approximate surface area is 223 Å². The molecule has 38 heavy (non-hydrogen) atoms. The lowest BCUT2D eigenvalue weighted by Crippen LogP contribution is -2.49. The van der Waals surface area contributed by atoms with Gasteiger partial charge >= 0.3 is 5.92 Å². The van der Waals surface area contributed by atoms with Crippen LogP contribution in [0.5, 0.6) is 0 Å². The van der Waals surface area contributed by atoms with Gasteiger partial charge in [0.1, 0.15) is 17.3 Å². The summed E-state index contributed by atoms with van der Waals surface area (Å²) in [6.45, 7) is 1.08. The van der Waals surface area contributed by atoms with Gasteiger partial charge < -0.3 is 15.5 Å². The summed E-state index contributed by atoms with van der Waals surface area (Å²) in [6.07, 6.45) is 3.49. The number of aromatic nitrogens is 3. The van der Waals surface area contributed by atoms with Gasteiger partial charge in [-0.2, -0.15) is 13.1 Å². The van der Waals surface area contributed by atoms with Crippen LogP contribution in [0.25, 0.3) is 0 Å². The fraction of sp³-hybridized carbons (Fsp3) is 0.333. The van der Waals surface area contributed by atoms with E-state index in [9.17, 15) is 13.2 Å². The number of piperazine rings is 1. The highest BCUT2D eigenvalue weighted by Crippen LogP contribution is 2.37. The van der Waals surface area contributed by atoms with E-state index in [-0.39, 0.29) is 71.5 Å². The van der Waals surface area contributed by atoms with Crippen LogP contribution in [-0.4, -0.2) is 72.3 Å². The van der Waals surface area contributed by atoms with Gasteiger partial charge in [-0.3, -0.25) is 4.79 Å². The predicted molar refractivity (Wildman–Crippen MR) is 137 cm³/mol. The fourth-order valence-electron chi connectivity index (χ4n) is 4.54. The van der Waals surface area contributed by atoms with Crippen molar-refractivity contribution in [2.45, 2.75) is 23.3 Å². The number of rotatable bonds is 6. The molecular weight excluding hydrogens is 540 g/mol. The molecule has 2 aromatic heterocycles. The van der Waals surface area contributed by atoms with E-state index in [0.29, 0.717) is 12.2 Å². The van der Waals surface area contributed by atoms with E-state index in [1.807, 2.05) is 0 Å². The Kier molecular flexibility index (Phi) is 7.03. The first-order valence-electron chi connectivity index (χ1n) is 11.8. The number of pyridine rings is 1. The SMILES string of the molecule is NC1CC(=O)N(c2ccc(S(=O)(=O)N3CCN(c4cc(C(F)(F)c5cncnc5)cc(Cl)n4)CC3)cc2)C1. The summed E-state index contributed by atoms with van der Waals surface area (Å²) in [5.74, 6) is -3.28. The molecule has 0 saturated carbocycles. The second kappa shape index (κ2) is 10.1. The number of nitrogens with zero attached hydrogens (tertiary/aromatic N) is 6. The molecule has 5 rings (SSSR count). The first-order chi connectivity index (χ1) is 18.1. The monoisotopic (exact) mass is 563 g/mol. The standard InChI is InChI=1S/C24H24ClF2N7O3S/c25-21-9-16(24(26,27)17-12-29-15-30-13-17)10-22(31-21)32-5-7-33(8-6-32)38(36,37)20-3-1-19(2-4-20)34-14-18(28)11-23(34)35/h1-4,9-10,12-13,15,18H,5-8,11,14,28H2. The zero-order valence-corrected chi connectivity index (χ0v) is 21.6. The predicted octanol–water partition coefficient (Wildman–Crippen LogP) is 2.24. The number of hydrogen-bond acceptors (Lipinski definition) is 8. The smallest absolute Gasteiger partial charge is 0.301 e. The zero-order valence-electron chi connectivity index (χ0n) is 20.0. The summed E-state index contributed by atoms with van der Waals surface area (Å²) < 4.78 is 58.0. The quantitative estimate of drug-likeness (QED) is 0.453. The molecule has 0 radical (unpaired) electrons. The number of hydrogen-bond donors (Lipinski definition) is 1. The number of benzene rings is 1. The first-order valence-corrected chi connectivity index (χ1v) is 13.6. The molecule has 0 bridgehead atoms. The Morgan fingerprint density at radius 3 is 2.26 bits per heavy atom. The second-order valence-corrected chi connectivity index (χ2v) is 11.4. The largest absolute Gasteiger partial charge is 0.354 e. The lowest BCUT2D eigenvalue weighted by atomic mass is 10.0. The third kappa shape index (κ3) is 5.06. The molecule has 14 heteroatoms. The van der Waals surface area contributed by atoms with Gasteiger partial charge in [-0.05, 0) is 36.4 Å². The molecule has 0 spiro atoms. The summed E-state index contributed by atoms with van der Waals surface area (Å²) in [5.41, 5.74) is 5.69. The van der Waals surface area contributed by atoms with Gasteiger partial charge in [0.2, 0.25) is 15.9 Å². The van der Waals surface area contributed by atoms with E-state index < -0.39 is 15.9 Å². The van der Waals surface area contributed by atoms with Crippen LogP contribution in [0.3, 0.4) is 0 Å². The van der Waals surface area contributed by atoms with E-state index in [2.05, 4.69) is 15.0 Å². The molecule has 10 nitrogen and oxygen atoms in total. The second-order valence-electron chi connectivity index (χ2n) is 9.09. The zero-order chi connectivity index (χ0) is 27.1. The van der Waals surface area contributed by atoms with Crippen molar-refractivity contribution in [3.8, 4) is 0 Å². The summed E-state index contributed by atoms with van der Waals surface area (Å²) in [6, 6.07) is 8.20. The Balaban J connectivity index is 1.29. The third-order valence-corrected chi connectivity index (χ3v) is 8.68. The van der Waals surface area contributed by atoms with E-state index in [4.69, 9.17) is 17.3 Å². The molecule has 4 heterocycles. The number of nitrogens with two attached hydrogens (primary N) is 1. The summed E-state index contributed by atoms with van der Waals surface area (Å²) >= 11 is 6.08. The van der Waals surface area contributed by atoms with Crippen molar-refractivity contribution in [3.63, 3.8) is 0 Å². The van der Waals surface area contributed by atoms with Crippen LogP contribution in [0.1, 0.15) is 17.5 Å². The summed E-state index contributed by atoms with van der Waals surface area (Å²) in [7, 11) is -3.81. The molecule has 1 amide bonds. The summed E-state index contributed by atoms with van der Waals surface area (Å²) in [5, 5.41) is -0.110. The Hall–Kier alpha value is -3.26. The van der Waals surface area contributed by atoms with Gasteiger partial charge in [0.15, 0.2) is 0 Å². The van der Waals surface area contributed by atoms with Crippen LogP contribution in [0, 0.1) is 0 Å². The summed E-state index contributed by atoms with van der Waals surface area (Å²) in [4.78, 5) is 26.9. The van der Waals surface area contributed by atoms with Gasteiger partial charge in [0.25, 0.3) is 0 Å². The minimum atomic E-state index is -3.81. The number of alkyl halides is 2. The number of carbonyl (C=O) groups excluding carboxylic acids is 1. The van der Waals surface area contributed by atoms with Gasteiger partial charge in [-0.1, -0.05) is 11.6 Å². The Morgan fingerprint density at radius 2 is 1.66 bits per heavy atom. The molecule has 1 aromatic carbocycles. The number of halogens is 3. The highest BCUT2D eigenvalue weighted by molar-refractivity contribution is 7.89. The van der Waals surface area contributed by atoms with Crippen LogP contribution >= 0.6 is 11.6 Å². The third-order valence-electron chi connectivity index (χ3n) is 6.57. The molecule has 2 fully saturated rings. The first kappa shape index (κ1) is 26.4. The highest BCUT2D eigenvalue weighted by atomic mass is 35.5. The van der Waals surface area contributed by atoms with Crippen molar-refractivity contribution in [1.29, 1.82) is 0 Å². The molecule has 2 aliphatic rings. The molecule has 2 saturated heterocycles. The molecule has 1 atom stereocenters. The van der Waals surface area contributed by atoms with Crippen molar-refractivity contribution in [2.24, 2.45) is 5.73 Å². The van der Waals surface area contributed by atoms with Crippen LogP contribution < -0.4 is 15.5 Å². The van der Waals surface area contributed by atoms with Gasteiger partial charge in [-0.15, -0.1) is 0 Å². The van der Waals surface area contributed by atoms with Gasteiger partial charge in [0.05, 0.1) is 10.5 Å². The van der Waals surface area contributed by atoms with Crippen molar-refractivity contribution in [3.05, 3.63) is 71.4 Å². The maximum absolute atomic E-state index is 15.1. The molecular formula is C24H24ClF2N7O3S. The fourth-order valence-corrected chi connectivity index (χ4v) is 6.17. The van der Waals surface area contributed by atoms with Crippen LogP contribution in [0.4, 0.5) is 20.3 Å². The lowest BCUT2D eigenvalue weighted by molar-refractivity contribution is -0.117. The van der Waals surface area contributed by atoms with Crippen molar-refractivity contribution >= 4 is 39.0 Å². The van der Waals surface area contributed by atoms with E-state index in [1.54, 1.807) is 21.9 Å². The Bertz CT molecular complexity index is 1440. The minimum absolute atomic E-state index is 0.0959. The van der Waals surface area contributed by atoms with Crippen molar-refractivity contribution < 1.29 is 22.0 Å². The molecule has 200 valence electrons. The average Bonchev–Trinajstić information content (AvgIpc) is 3.26. The lowest BCUT2D eigenvalue weighted by Gasteiger charge is -2.35. The van der Waals surface area contributed by atoms with Gasteiger partial charge in [0, 0.05) is 68.8 Å². The molecule has 1 unspecified atom stereocenters. The highest BCUT2D eigenvalue weighted by Gasteiger charge is 2.37. The van der Waals surface area contributed by atoms with Crippen LogP contribution in [0.2, 0.25) is 5.15 Å². The Morgan fingerprint density at radius 1 is 1.00 bits per heavy atom. The average molecular weight is 564 g/mol. The van der Waals surface area contributed by atoms with E-state index in [0.717, 1.165) is 24.8 Å². The number of carbonyl (C=O) groups is 1. The minimum Gasteiger partial charge on any atom is -0.354 e. The topological polar surface area (TPSA) is 126 Å². The van der Waals surface area contributed by atoms with E-state index >= 15 is 8.78 Å². The van der Waals surface area contributed by atoms with Gasteiger partial charge in [-0.25, -0.2) is 23.4 Å². The maximum Gasteiger partial charge on any atom is 0.301 e. The van der Waals surface area contributed by atoms with Crippen LogP contribution in [0.15, 0.2) is 60.0 Å². The maximum atomic E-state index is 15.1. The molecule has 3 aromatic rings. The normalized spacial score (nSPS) is 19.3. The van der Waals surface area contributed by atoms with E-state index in [1.165, 1.54) is 22.5 Å². The molecule has 2 aliphatic heterocycles. The number of amides is 1. The molecule has 2 N–H and O–H groups in total. The van der Waals surface area contributed by atoms with Crippen LogP contribution in [-0.2, 0) is 20.7 Å². The number of sulfonamides is 1. The van der Waals surface area contributed by atoms with Crippen molar-refractivity contribution in [2.75, 3.05) is 42.5 Å². The molecule has 0 aliphatic carbocycles. The van der Waals surface area contributed by atoms with Crippen molar-refractivity contribution in [1.82, 2.24) is 19.3 Å². The number of anilines is 2.